The van der Waals surface area contributed by atoms with Crippen LogP contribution in [-0.2, 0) is 6.54 Å². The first kappa shape index (κ1) is 15.0. The molecule has 0 amide bonds. The molecule has 0 radical (unpaired) electrons. The summed E-state index contributed by atoms with van der Waals surface area (Å²) >= 11 is 0. The molecular formula is C19H19N2O2+. The molecule has 0 bridgehead atoms. The summed E-state index contributed by atoms with van der Waals surface area (Å²) in [7, 11) is 3.32. The highest BCUT2D eigenvalue weighted by Gasteiger charge is 2.08. The predicted molar refractivity (Wildman–Crippen MR) is 88.5 cm³/mol. The Bertz CT molecular complexity index is 749. The molecule has 2 heterocycles. The lowest BCUT2D eigenvalue weighted by molar-refractivity contribution is -0.688. The maximum absolute atomic E-state index is 5.32. The Morgan fingerprint density at radius 2 is 1.39 bits per heavy atom. The van der Waals surface area contributed by atoms with Crippen molar-refractivity contribution in [1.82, 2.24) is 4.98 Å². The molecule has 2 aromatic heterocycles. The average molecular weight is 307 g/mol. The minimum atomic E-state index is 0.754. The van der Waals surface area contributed by atoms with Gasteiger partial charge in [0.2, 0.25) is 0 Å². The van der Waals surface area contributed by atoms with Gasteiger partial charge in [-0.3, -0.25) is 4.98 Å². The molecule has 4 heteroatoms. The fourth-order valence-electron chi connectivity index (χ4n) is 2.47. The van der Waals surface area contributed by atoms with Gasteiger partial charge in [0.05, 0.1) is 14.2 Å². The van der Waals surface area contributed by atoms with Gasteiger partial charge in [0.1, 0.15) is 11.5 Å². The van der Waals surface area contributed by atoms with E-state index in [1.807, 2.05) is 30.3 Å². The van der Waals surface area contributed by atoms with Gasteiger partial charge in [-0.05, 0) is 35.4 Å². The molecule has 3 rings (SSSR count). The summed E-state index contributed by atoms with van der Waals surface area (Å²) in [5.41, 5.74) is 3.46. The number of hydrogen-bond acceptors (Lipinski definition) is 3. The van der Waals surface area contributed by atoms with Crippen molar-refractivity contribution in [1.29, 1.82) is 0 Å². The minimum Gasteiger partial charge on any atom is -0.497 e. The van der Waals surface area contributed by atoms with Gasteiger partial charge in [-0.2, -0.15) is 0 Å². The standard InChI is InChI=1S/C19H19N2O2/c1-22-18-11-15(12-19(13-18)23-2)14-21-9-5-17(6-10-21)16-3-7-20-8-4-16/h3-13H,14H2,1-2H3/q+1. The van der Waals surface area contributed by atoms with Gasteiger partial charge in [0.15, 0.2) is 18.9 Å². The maximum Gasteiger partial charge on any atom is 0.174 e. The summed E-state index contributed by atoms with van der Waals surface area (Å²) in [6, 6.07) is 14.1. The minimum absolute atomic E-state index is 0.754. The molecule has 0 atom stereocenters. The number of nitrogens with zero attached hydrogens (tertiary/aromatic N) is 2. The van der Waals surface area contributed by atoms with Gasteiger partial charge in [-0.1, -0.05) is 0 Å². The van der Waals surface area contributed by atoms with Crippen molar-refractivity contribution in [2.45, 2.75) is 6.54 Å². The molecule has 0 aliphatic rings. The molecule has 0 spiro atoms. The number of pyridine rings is 2. The van der Waals surface area contributed by atoms with Crippen molar-refractivity contribution in [2.75, 3.05) is 14.2 Å². The second-order valence-electron chi connectivity index (χ2n) is 5.22. The van der Waals surface area contributed by atoms with Gasteiger partial charge in [-0.15, -0.1) is 0 Å². The van der Waals surface area contributed by atoms with Crippen LogP contribution < -0.4 is 14.0 Å². The van der Waals surface area contributed by atoms with Crippen LogP contribution in [0.4, 0.5) is 0 Å². The zero-order chi connectivity index (χ0) is 16.1. The molecule has 0 saturated heterocycles. The van der Waals surface area contributed by atoms with Gasteiger partial charge in [0, 0.05) is 36.2 Å². The number of rotatable bonds is 5. The van der Waals surface area contributed by atoms with Crippen LogP contribution in [0.5, 0.6) is 11.5 Å². The van der Waals surface area contributed by atoms with Gasteiger partial charge in [0.25, 0.3) is 0 Å². The summed E-state index contributed by atoms with van der Waals surface area (Å²) in [5, 5.41) is 0. The number of aromatic nitrogens is 2. The first-order chi connectivity index (χ1) is 11.3. The molecule has 0 N–H and O–H groups in total. The SMILES string of the molecule is COc1cc(C[n+]2ccc(-c3ccncc3)cc2)cc(OC)c1. The molecule has 116 valence electrons. The van der Waals surface area contributed by atoms with E-state index < -0.39 is 0 Å². The third-order valence-corrected chi connectivity index (χ3v) is 3.68. The van der Waals surface area contributed by atoms with Crippen molar-refractivity contribution in [3.8, 4) is 22.6 Å². The smallest absolute Gasteiger partial charge is 0.174 e. The Balaban J connectivity index is 1.81. The summed E-state index contributed by atoms with van der Waals surface area (Å²) in [6.07, 6.45) is 7.75. The normalized spacial score (nSPS) is 10.3. The van der Waals surface area contributed by atoms with E-state index in [0.717, 1.165) is 29.2 Å². The number of hydrogen-bond donors (Lipinski definition) is 0. The van der Waals surface area contributed by atoms with Crippen LogP contribution in [0.15, 0.2) is 67.3 Å². The van der Waals surface area contributed by atoms with Crippen LogP contribution in [-0.4, -0.2) is 19.2 Å². The Kier molecular flexibility index (Phi) is 4.52. The number of methoxy groups -OCH3 is 2. The molecule has 0 saturated carbocycles. The molecule has 0 aliphatic heterocycles. The maximum atomic E-state index is 5.32. The van der Waals surface area contributed by atoms with Crippen molar-refractivity contribution >= 4 is 0 Å². The highest BCUT2D eigenvalue weighted by atomic mass is 16.5. The Hall–Kier alpha value is -2.88. The summed E-state index contributed by atoms with van der Waals surface area (Å²) in [4.78, 5) is 4.05. The van der Waals surface area contributed by atoms with Crippen LogP contribution in [0.3, 0.4) is 0 Å². The van der Waals surface area contributed by atoms with E-state index in [9.17, 15) is 0 Å². The van der Waals surface area contributed by atoms with Crippen LogP contribution in [0, 0.1) is 0 Å². The van der Waals surface area contributed by atoms with Crippen LogP contribution >= 0.6 is 0 Å². The Morgan fingerprint density at radius 3 is 1.96 bits per heavy atom. The van der Waals surface area contributed by atoms with Gasteiger partial charge < -0.3 is 9.47 Å². The van der Waals surface area contributed by atoms with Gasteiger partial charge in [-0.25, -0.2) is 4.57 Å². The molecule has 23 heavy (non-hydrogen) atoms. The van der Waals surface area contributed by atoms with Crippen LogP contribution in [0.1, 0.15) is 5.56 Å². The third kappa shape index (κ3) is 3.66. The number of benzene rings is 1. The molecule has 0 aliphatic carbocycles. The quantitative estimate of drug-likeness (QED) is 0.679. The molecular weight excluding hydrogens is 288 g/mol. The van der Waals surface area contributed by atoms with E-state index in [4.69, 9.17) is 9.47 Å². The average Bonchev–Trinajstić information content (AvgIpc) is 2.62. The van der Waals surface area contributed by atoms with Crippen molar-refractivity contribution in [3.05, 3.63) is 72.8 Å². The van der Waals surface area contributed by atoms with E-state index in [0.29, 0.717) is 0 Å². The highest BCUT2D eigenvalue weighted by Crippen LogP contribution is 2.22. The van der Waals surface area contributed by atoms with E-state index in [2.05, 4.69) is 34.1 Å². The zero-order valence-corrected chi connectivity index (χ0v) is 13.3. The third-order valence-electron chi connectivity index (χ3n) is 3.68. The van der Waals surface area contributed by atoms with Crippen molar-refractivity contribution in [3.63, 3.8) is 0 Å². The second kappa shape index (κ2) is 6.92. The van der Waals surface area contributed by atoms with E-state index in [1.54, 1.807) is 26.6 Å². The Morgan fingerprint density at radius 1 is 0.826 bits per heavy atom. The Labute approximate surface area is 136 Å². The van der Waals surface area contributed by atoms with Gasteiger partial charge >= 0.3 is 0 Å². The molecule has 0 fully saturated rings. The summed E-state index contributed by atoms with van der Waals surface area (Å²) in [5.74, 6) is 1.60. The van der Waals surface area contributed by atoms with E-state index in [-0.39, 0.29) is 0 Å². The van der Waals surface area contributed by atoms with Crippen LogP contribution in [0.2, 0.25) is 0 Å². The fourth-order valence-corrected chi connectivity index (χ4v) is 2.47. The summed E-state index contributed by atoms with van der Waals surface area (Å²) in [6.45, 7) is 0.754. The lowest BCUT2D eigenvalue weighted by Gasteiger charge is -2.07. The van der Waals surface area contributed by atoms with Crippen LogP contribution in [0.25, 0.3) is 11.1 Å². The molecule has 1 aromatic carbocycles. The predicted octanol–water partition coefficient (Wildman–Crippen LogP) is 3.10. The highest BCUT2D eigenvalue weighted by molar-refractivity contribution is 5.61. The zero-order valence-electron chi connectivity index (χ0n) is 13.3. The molecule has 3 aromatic rings. The topological polar surface area (TPSA) is 35.2 Å². The first-order valence-electron chi connectivity index (χ1n) is 7.40. The fraction of sp³-hybridized carbons (Fsp3) is 0.158. The number of ether oxygens (including phenoxy) is 2. The van der Waals surface area contributed by atoms with E-state index >= 15 is 0 Å². The molecule has 4 nitrogen and oxygen atoms in total. The lowest BCUT2D eigenvalue weighted by atomic mass is 10.1. The van der Waals surface area contributed by atoms with E-state index in [1.165, 1.54) is 5.56 Å². The molecule has 0 unspecified atom stereocenters. The largest absolute Gasteiger partial charge is 0.497 e. The first-order valence-corrected chi connectivity index (χ1v) is 7.40. The summed E-state index contributed by atoms with van der Waals surface area (Å²) < 4.78 is 12.8. The second-order valence-corrected chi connectivity index (χ2v) is 5.22. The monoisotopic (exact) mass is 307 g/mol. The van der Waals surface area contributed by atoms with Crippen molar-refractivity contribution < 1.29 is 14.0 Å². The lowest BCUT2D eigenvalue weighted by Crippen LogP contribution is -2.33. The van der Waals surface area contributed by atoms with Crippen molar-refractivity contribution in [2.24, 2.45) is 0 Å².